The average molecular weight is 367 g/mol. The third-order valence-corrected chi connectivity index (χ3v) is 4.54. The second kappa shape index (κ2) is 5.75. The standard InChI is InChI=1S/C15H12Cl2N4O3/c16-8-1-4-10(11(17)5-8)14-19-18-12(24-14)6-21-13(22)7-20(15(21)23)9-2-3-9/h1,4-5,9H,2-3,6-7H2. The highest BCUT2D eigenvalue weighted by Crippen LogP contribution is 2.32. The minimum absolute atomic E-state index is 0.0426. The Morgan fingerprint density at radius 3 is 2.71 bits per heavy atom. The van der Waals surface area contributed by atoms with Crippen LogP contribution in [0, 0.1) is 0 Å². The Bertz CT molecular complexity index is 834. The minimum atomic E-state index is -0.299. The van der Waals surface area contributed by atoms with Gasteiger partial charge in [-0.3, -0.25) is 9.69 Å². The van der Waals surface area contributed by atoms with E-state index in [4.69, 9.17) is 27.6 Å². The van der Waals surface area contributed by atoms with Crippen LogP contribution in [-0.2, 0) is 11.3 Å². The Morgan fingerprint density at radius 1 is 1.21 bits per heavy atom. The van der Waals surface area contributed by atoms with Crippen molar-refractivity contribution in [3.63, 3.8) is 0 Å². The quantitative estimate of drug-likeness (QED) is 0.777. The fraction of sp³-hybridized carbons (Fsp3) is 0.333. The second-order valence-corrected chi connectivity index (χ2v) is 6.59. The van der Waals surface area contributed by atoms with Gasteiger partial charge in [0.1, 0.15) is 13.1 Å². The number of hydrogen-bond donors (Lipinski definition) is 0. The van der Waals surface area contributed by atoms with Crippen LogP contribution < -0.4 is 0 Å². The lowest BCUT2D eigenvalue weighted by molar-refractivity contribution is -0.126. The van der Waals surface area contributed by atoms with Crippen molar-refractivity contribution in [1.29, 1.82) is 0 Å². The van der Waals surface area contributed by atoms with Crippen LogP contribution in [0.2, 0.25) is 10.0 Å². The van der Waals surface area contributed by atoms with Crippen LogP contribution in [0.15, 0.2) is 22.6 Å². The molecule has 0 bridgehead atoms. The molecule has 24 heavy (non-hydrogen) atoms. The number of benzene rings is 1. The maximum atomic E-state index is 12.3. The van der Waals surface area contributed by atoms with Gasteiger partial charge >= 0.3 is 6.03 Å². The second-order valence-electron chi connectivity index (χ2n) is 5.75. The Hall–Kier alpha value is -2.12. The molecule has 2 aliphatic rings. The van der Waals surface area contributed by atoms with E-state index < -0.39 is 0 Å². The number of imide groups is 1. The molecule has 0 unspecified atom stereocenters. The van der Waals surface area contributed by atoms with E-state index in [1.807, 2.05) is 0 Å². The van der Waals surface area contributed by atoms with E-state index in [2.05, 4.69) is 10.2 Å². The number of halogens is 2. The summed E-state index contributed by atoms with van der Waals surface area (Å²) in [5.74, 6) is 0.136. The van der Waals surface area contributed by atoms with Gasteiger partial charge in [0.25, 0.3) is 5.91 Å². The van der Waals surface area contributed by atoms with Gasteiger partial charge < -0.3 is 9.32 Å². The first-order chi connectivity index (χ1) is 11.5. The highest BCUT2D eigenvalue weighted by molar-refractivity contribution is 6.36. The lowest BCUT2D eigenvalue weighted by Crippen LogP contribution is -2.33. The maximum Gasteiger partial charge on any atom is 0.327 e. The zero-order valence-electron chi connectivity index (χ0n) is 12.4. The topological polar surface area (TPSA) is 79.5 Å². The van der Waals surface area contributed by atoms with Crippen LogP contribution in [-0.4, -0.2) is 44.5 Å². The smallest absolute Gasteiger partial charge is 0.327 e. The van der Waals surface area contributed by atoms with E-state index in [0.29, 0.717) is 15.6 Å². The Morgan fingerprint density at radius 2 is 2.00 bits per heavy atom. The molecule has 124 valence electrons. The molecule has 1 saturated heterocycles. The van der Waals surface area contributed by atoms with Crippen LogP contribution in [0.3, 0.4) is 0 Å². The highest BCUT2D eigenvalue weighted by Gasteiger charge is 2.44. The van der Waals surface area contributed by atoms with Crippen molar-refractivity contribution in [3.05, 3.63) is 34.1 Å². The largest absolute Gasteiger partial charge is 0.419 e. The minimum Gasteiger partial charge on any atom is -0.419 e. The van der Waals surface area contributed by atoms with Crippen molar-refractivity contribution >= 4 is 35.1 Å². The summed E-state index contributed by atoms with van der Waals surface area (Å²) < 4.78 is 5.55. The molecule has 0 atom stereocenters. The van der Waals surface area contributed by atoms with Gasteiger partial charge in [0.05, 0.1) is 10.6 Å². The average Bonchev–Trinajstić information content (AvgIpc) is 3.22. The monoisotopic (exact) mass is 366 g/mol. The van der Waals surface area contributed by atoms with Gasteiger partial charge in [-0.15, -0.1) is 10.2 Å². The number of hydrogen-bond acceptors (Lipinski definition) is 5. The molecule has 2 aromatic rings. The van der Waals surface area contributed by atoms with Crippen LogP contribution in [0.25, 0.3) is 11.5 Å². The molecule has 0 spiro atoms. The van der Waals surface area contributed by atoms with Crippen molar-refractivity contribution in [1.82, 2.24) is 20.0 Å². The van der Waals surface area contributed by atoms with E-state index in [1.165, 1.54) is 0 Å². The molecule has 1 aliphatic carbocycles. The zero-order chi connectivity index (χ0) is 16.8. The summed E-state index contributed by atoms with van der Waals surface area (Å²) in [4.78, 5) is 27.0. The first-order valence-electron chi connectivity index (χ1n) is 7.41. The van der Waals surface area contributed by atoms with E-state index in [9.17, 15) is 9.59 Å². The Labute approximate surface area is 147 Å². The molecule has 3 amide bonds. The van der Waals surface area contributed by atoms with E-state index in [0.717, 1.165) is 17.7 Å². The van der Waals surface area contributed by atoms with Gasteiger partial charge in [-0.25, -0.2) is 4.79 Å². The van der Waals surface area contributed by atoms with Gasteiger partial charge in [-0.1, -0.05) is 23.2 Å². The SMILES string of the molecule is O=C1CN(C2CC2)C(=O)N1Cc1nnc(-c2ccc(Cl)cc2Cl)o1. The molecule has 2 fully saturated rings. The van der Waals surface area contributed by atoms with Gasteiger partial charge in [0, 0.05) is 11.1 Å². The van der Waals surface area contributed by atoms with Crippen LogP contribution in [0.5, 0.6) is 0 Å². The predicted molar refractivity (Wildman–Crippen MR) is 85.4 cm³/mol. The summed E-state index contributed by atoms with van der Waals surface area (Å²) in [5, 5.41) is 8.71. The van der Waals surface area contributed by atoms with E-state index in [1.54, 1.807) is 23.1 Å². The molecular weight excluding hydrogens is 355 g/mol. The number of carbonyl (C=O) groups excluding carboxylic acids is 2. The van der Waals surface area contributed by atoms with Crippen LogP contribution in [0.1, 0.15) is 18.7 Å². The molecule has 7 nitrogen and oxygen atoms in total. The maximum absolute atomic E-state index is 12.3. The summed E-state index contributed by atoms with van der Waals surface area (Å²) >= 11 is 12.0. The fourth-order valence-corrected chi connectivity index (χ4v) is 3.10. The Kier molecular flexibility index (Phi) is 3.69. The van der Waals surface area contributed by atoms with Crippen LogP contribution in [0.4, 0.5) is 4.79 Å². The zero-order valence-corrected chi connectivity index (χ0v) is 13.9. The number of urea groups is 1. The first kappa shape index (κ1) is 15.4. The van der Waals surface area contributed by atoms with Crippen molar-refractivity contribution in [2.45, 2.75) is 25.4 Å². The molecule has 1 aromatic carbocycles. The number of rotatable bonds is 4. The molecular formula is C15H12Cl2N4O3. The van der Waals surface area contributed by atoms with Crippen LogP contribution >= 0.6 is 23.2 Å². The van der Waals surface area contributed by atoms with Crippen molar-refractivity contribution in [2.24, 2.45) is 0 Å². The molecule has 0 N–H and O–H groups in total. The number of amides is 3. The van der Waals surface area contributed by atoms with Gasteiger partial charge in [-0.2, -0.15) is 0 Å². The Balaban J connectivity index is 1.53. The molecule has 1 aromatic heterocycles. The van der Waals surface area contributed by atoms with Gasteiger partial charge in [0.2, 0.25) is 11.8 Å². The summed E-state index contributed by atoms with van der Waals surface area (Å²) in [5.41, 5.74) is 0.540. The third-order valence-electron chi connectivity index (χ3n) is 3.99. The van der Waals surface area contributed by atoms with Gasteiger partial charge in [-0.05, 0) is 31.0 Å². The summed E-state index contributed by atoms with van der Waals surface area (Å²) in [7, 11) is 0. The summed E-state index contributed by atoms with van der Waals surface area (Å²) in [6, 6.07) is 4.80. The number of carbonyl (C=O) groups is 2. The molecule has 0 radical (unpaired) electrons. The van der Waals surface area contributed by atoms with Crippen molar-refractivity contribution < 1.29 is 14.0 Å². The lowest BCUT2D eigenvalue weighted by Gasteiger charge is -2.14. The van der Waals surface area contributed by atoms with Gasteiger partial charge in [0.15, 0.2) is 0 Å². The molecule has 1 saturated carbocycles. The van der Waals surface area contributed by atoms with Crippen molar-refractivity contribution in [3.8, 4) is 11.5 Å². The highest BCUT2D eigenvalue weighted by atomic mass is 35.5. The molecule has 9 heteroatoms. The summed E-state index contributed by atoms with van der Waals surface area (Å²) in [6.45, 7) is 0.0760. The number of nitrogens with zero attached hydrogens (tertiary/aromatic N) is 4. The molecule has 4 rings (SSSR count). The lowest BCUT2D eigenvalue weighted by atomic mass is 10.2. The van der Waals surface area contributed by atoms with Crippen molar-refractivity contribution in [2.75, 3.05) is 6.54 Å². The summed E-state index contributed by atoms with van der Waals surface area (Å²) in [6.07, 6.45) is 1.90. The molecule has 2 heterocycles. The fourth-order valence-electron chi connectivity index (χ4n) is 2.61. The third kappa shape index (κ3) is 2.74. The first-order valence-corrected chi connectivity index (χ1v) is 8.17. The predicted octanol–water partition coefficient (Wildman–Crippen LogP) is 2.97. The number of aromatic nitrogens is 2. The molecule has 1 aliphatic heterocycles. The van der Waals surface area contributed by atoms with E-state index in [-0.39, 0.29) is 42.9 Å². The van der Waals surface area contributed by atoms with E-state index >= 15 is 0 Å². The normalized spacial score (nSPS) is 17.9.